The second kappa shape index (κ2) is 2.51. The summed E-state index contributed by atoms with van der Waals surface area (Å²) in [6.07, 6.45) is 3.90. The molecule has 1 N–H and O–H groups in total. The zero-order chi connectivity index (χ0) is 6.97. The second-order valence-corrected chi connectivity index (χ2v) is 3.48. The van der Waals surface area contributed by atoms with Crippen LogP contribution in [0.5, 0.6) is 0 Å². The number of rotatable bonds is 1. The van der Waals surface area contributed by atoms with Crippen LogP contribution in [0.2, 0.25) is 0 Å². The van der Waals surface area contributed by atoms with Crippen LogP contribution in [0.3, 0.4) is 0 Å². The summed E-state index contributed by atoms with van der Waals surface area (Å²) in [4.78, 5) is 2.53. The molecule has 2 rings (SSSR count). The van der Waals surface area contributed by atoms with Crippen molar-refractivity contribution >= 4 is 0 Å². The Bertz CT molecular complexity index is 126. The van der Waals surface area contributed by atoms with Gasteiger partial charge in [0.05, 0.1) is 0 Å². The van der Waals surface area contributed by atoms with Crippen LogP contribution in [0.25, 0.3) is 0 Å². The SMILES string of the molecule is OC[C@@H]1CCN2CCC[C@H]12. The first-order valence-electron chi connectivity index (χ1n) is 4.26. The van der Waals surface area contributed by atoms with Crippen LogP contribution in [0.4, 0.5) is 0 Å². The van der Waals surface area contributed by atoms with Gasteiger partial charge in [0.2, 0.25) is 0 Å². The molecule has 0 aromatic rings. The van der Waals surface area contributed by atoms with Crippen LogP contribution in [0.1, 0.15) is 19.3 Å². The standard InChI is InChI=1S/C8H15NO/c10-6-7-3-5-9-4-1-2-8(7)9/h7-8,10H,1-6H2/t7-,8+/m0/s1. The third-order valence-corrected chi connectivity index (χ3v) is 2.98. The predicted molar refractivity (Wildman–Crippen MR) is 39.8 cm³/mol. The summed E-state index contributed by atoms with van der Waals surface area (Å²) in [6.45, 7) is 2.91. The van der Waals surface area contributed by atoms with Gasteiger partial charge >= 0.3 is 0 Å². The molecule has 0 saturated carbocycles. The molecule has 2 saturated heterocycles. The number of nitrogens with zero attached hydrogens (tertiary/aromatic N) is 1. The molecule has 0 aromatic carbocycles. The third-order valence-electron chi connectivity index (χ3n) is 2.98. The van der Waals surface area contributed by atoms with Gasteiger partial charge in [-0.1, -0.05) is 0 Å². The quantitative estimate of drug-likeness (QED) is 0.573. The lowest BCUT2D eigenvalue weighted by Crippen LogP contribution is -2.27. The first-order valence-corrected chi connectivity index (χ1v) is 4.26. The molecule has 2 heteroatoms. The molecule has 0 radical (unpaired) electrons. The van der Waals surface area contributed by atoms with E-state index in [9.17, 15) is 0 Å². The zero-order valence-electron chi connectivity index (χ0n) is 6.29. The van der Waals surface area contributed by atoms with Gasteiger partial charge in [0.15, 0.2) is 0 Å². The van der Waals surface area contributed by atoms with Gasteiger partial charge in [-0.05, 0) is 38.3 Å². The fourth-order valence-corrected chi connectivity index (χ4v) is 2.40. The van der Waals surface area contributed by atoms with Gasteiger partial charge < -0.3 is 10.0 Å². The molecule has 2 nitrogen and oxygen atoms in total. The molecule has 2 heterocycles. The molecule has 0 bridgehead atoms. The monoisotopic (exact) mass is 141 g/mol. The molecular weight excluding hydrogens is 126 g/mol. The van der Waals surface area contributed by atoms with Crippen molar-refractivity contribution < 1.29 is 5.11 Å². The minimum Gasteiger partial charge on any atom is -0.396 e. The number of fused-ring (bicyclic) bond motifs is 1. The Morgan fingerprint density at radius 2 is 2.20 bits per heavy atom. The second-order valence-electron chi connectivity index (χ2n) is 3.48. The Labute approximate surface area is 61.8 Å². The highest BCUT2D eigenvalue weighted by atomic mass is 16.3. The molecule has 0 aliphatic carbocycles. The average molecular weight is 141 g/mol. The van der Waals surface area contributed by atoms with E-state index in [2.05, 4.69) is 4.90 Å². The maximum absolute atomic E-state index is 8.99. The van der Waals surface area contributed by atoms with Crippen molar-refractivity contribution in [3.05, 3.63) is 0 Å². The van der Waals surface area contributed by atoms with Gasteiger partial charge in [0.1, 0.15) is 0 Å². The van der Waals surface area contributed by atoms with Crippen LogP contribution in [0, 0.1) is 5.92 Å². The minimum atomic E-state index is 0.404. The van der Waals surface area contributed by atoms with Gasteiger partial charge in [-0.25, -0.2) is 0 Å². The van der Waals surface area contributed by atoms with Gasteiger partial charge in [-0.2, -0.15) is 0 Å². The lowest BCUT2D eigenvalue weighted by atomic mass is 10.00. The third kappa shape index (κ3) is 0.867. The summed E-state index contributed by atoms with van der Waals surface area (Å²) >= 11 is 0. The highest BCUT2D eigenvalue weighted by Crippen LogP contribution is 2.31. The fraction of sp³-hybridized carbons (Fsp3) is 1.00. The van der Waals surface area contributed by atoms with E-state index >= 15 is 0 Å². The van der Waals surface area contributed by atoms with E-state index in [0.717, 1.165) is 6.04 Å². The average Bonchev–Trinajstić information content (AvgIpc) is 2.44. The van der Waals surface area contributed by atoms with Gasteiger partial charge in [0, 0.05) is 12.6 Å². The number of hydrogen-bond donors (Lipinski definition) is 1. The lowest BCUT2D eigenvalue weighted by Gasteiger charge is -2.17. The van der Waals surface area contributed by atoms with E-state index in [0.29, 0.717) is 12.5 Å². The Morgan fingerprint density at radius 1 is 1.30 bits per heavy atom. The number of aliphatic hydroxyl groups excluding tert-OH is 1. The zero-order valence-corrected chi connectivity index (χ0v) is 6.29. The first-order chi connectivity index (χ1) is 4.92. The van der Waals surface area contributed by atoms with Gasteiger partial charge in [-0.15, -0.1) is 0 Å². The van der Waals surface area contributed by atoms with Crippen LogP contribution >= 0.6 is 0 Å². The molecule has 2 fully saturated rings. The summed E-state index contributed by atoms with van der Waals surface area (Å²) in [6, 6.07) is 0.741. The molecule has 0 aromatic heterocycles. The van der Waals surface area contributed by atoms with Crippen molar-refractivity contribution in [3.8, 4) is 0 Å². The Kier molecular flexibility index (Phi) is 1.66. The van der Waals surface area contributed by atoms with Crippen molar-refractivity contribution in [2.24, 2.45) is 5.92 Å². The lowest BCUT2D eigenvalue weighted by molar-refractivity contribution is 0.191. The summed E-state index contributed by atoms with van der Waals surface area (Å²) < 4.78 is 0. The molecular formula is C8H15NO. The minimum absolute atomic E-state index is 0.404. The molecule has 2 atom stereocenters. The van der Waals surface area contributed by atoms with Crippen LogP contribution in [-0.2, 0) is 0 Å². The Balaban J connectivity index is 2.01. The summed E-state index contributed by atoms with van der Waals surface area (Å²) in [5.74, 6) is 0.600. The molecule has 2 aliphatic rings. The van der Waals surface area contributed by atoms with Gasteiger partial charge in [-0.3, -0.25) is 0 Å². The van der Waals surface area contributed by atoms with Crippen LogP contribution < -0.4 is 0 Å². The summed E-state index contributed by atoms with van der Waals surface area (Å²) in [7, 11) is 0. The maximum Gasteiger partial charge on any atom is 0.0474 e. The number of aliphatic hydroxyl groups is 1. The van der Waals surface area contributed by atoms with E-state index in [1.807, 2.05) is 0 Å². The fourth-order valence-electron chi connectivity index (χ4n) is 2.40. The van der Waals surface area contributed by atoms with Crippen molar-refractivity contribution in [2.45, 2.75) is 25.3 Å². The number of hydrogen-bond acceptors (Lipinski definition) is 2. The summed E-state index contributed by atoms with van der Waals surface area (Å²) in [5.41, 5.74) is 0. The molecule has 2 aliphatic heterocycles. The van der Waals surface area contributed by atoms with E-state index in [-0.39, 0.29) is 0 Å². The van der Waals surface area contributed by atoms with Crippen molar-refractivity contribution in [3.63, 3.8) is 0 Å². The van der Waals surface area contributed by atoms with E-state index in [1.54, 1.807) is 0 Å². The van der Waals surface area contributed by atoms with E-state index < -0.39 is 0 Å². The molecule has 10 heavy (non-hydrogen) atoms. The van der Waals surface area contributed by atoms with Crippen molar-refractivity contribution in [1.29, 1.82) is 0 Å². The van der Waals surface area contributed by atoms with Crippen molar-refractivity contribution in [2.75, 3.05) is 19.7 Å². The first kappa shape index (κ1) is 6.62. The Hall–Kier alpha value is -0.0800. The molecule has 0 amide bonds. The highest BCUT2D eigenvalue weighted by Gasteiger charge is 2.36. The molecule has 0 spiro atoms. The molecule has 0 unspecified atom stereocenters. The normalized spacial score (nSPS) is 40.5. The smallest absolute Gasteiger partial charge is 0.0474 e. The Morgan fingerprint density at radius 3 is 3.00 bits per heavy atom. The van der Waals surface area contributed by atoms with Gasteiger partial charge in [0.25, 0.3) is 0 Å². The highest BCUT2D eigenvalue weighted by molar-refractivity contribution is 4.90. The van der Waals surface area contributed by atoms with Crippen molar-refractivity contribution in [1.82, 2.24) is 4.90 Å². The van der Waals surface area contributed by atoms with E-state index in [1.165, 1.54) is 32.4 Å². The topological polar surface area (TPSA) is 23.5 Å². The summed E-state index contributed by atoms with van der Waals surface area (Å²) in [5, 5.41) is 8.99. The van der Waals surface area contributed by atoms with Crippen LogP contribution in [0.15, 0.2) is 0 Å². The van der Waals surface area contributed by atoms with Crippen LogP contribution in [-0.4, -0.2) is 35.7 Å². The predicted octanol–water partition coefficient (Wildman–Crippen LogP) is 0.463. The maximum atomic E-state index is 8.99. The van der Waals surface area contributed by atoms with E-state index in [4.69, 9.17) is 5.11 Å². The largest absolute Gasteiger partial charge is 0.396 e. The molecule has 58 valence electrons.